The van der Waals surface area contributed by atoms with E-state index in [1.54, 1.807) is 29.3 Å². The van der Waals surface area contributed by atoms with E-state index in [0.29, 0.717) is 18.7 Å². The third-order valence-corrected chi connectivity index (χ3v) is 5.03. The number of amides is 2. The SMILES string of the molecule is O=C(NC1CCCCC1)C(O)[C@@H]1CCCN1C(=O)c1ccccn1. The van der Waals surface area contributed by atoms with Crippen molar-refractivity contribution in [3.05, 3.63) is 30.1 Å². The third-order valence-electron chi connectivity index (χ3n) is 5.03. The van der Waals surface area contributed by atoms with Crippen LogP contribution in [0.1, 0.15) is 55.4 Å². The zero-order valence-electron chi connectivity index (χ0n) is 13.9. The number of pyridine rings is 1. The maximum Gasteiger partial charge on any atom is 0.272 e. The Bertz CT molecular complexity index is 572. The highest BCUT2D eigenvalue weighted by atomic mass is 16.3. The monoisotopic (exact) mass is 331 g/mol. The first-order valence-corrected chi connectivity index (χ1v) is 8.87. The molecule has 24 heavy (non-hydrogen) atoms. The lowest BCUT2D eigenvalue weighted by molar-refractivity contribution is -0.132. The van der Waals surface area contributed by atoms with Crippen LogP contribution >= 0.6 is 0 Å². The summed E-state index contributed by atoms with van der Waals surface area (Å²) in [5.41, 5.74) is 0.351. The van der Waals surface area contributed by atoms with E-state index in [4.69, 9.17) is 0 Å². The molecule has 1 aromatic heterocycles. The van der Waals surface area contributed by atoms with E-state index in [1.807, 2.05) is 0 Å². The lowest BCUT2D eigenvalue weighted by Gasteiger charge is -2.30. The Morgan fingerprint density at radius 3 is 2.67 bits per heavy atom. The molecule has 2 heterocycles. The molecule has 2 aliphatic rings. The van der Waals surface area contributed by atoms with Crippen LogP contribution in [0.5, 0.6) is 0 Å². The van der Waals surface area contributed by atoms with E-state index in [2.05, 4.69) is 10.3 Å². The van der Waals surface area contributed by atoms with E-state index in [1.165, 1.54) is 6.42 Å². The molecule has 3 rings (SSSR count). The number of carbonyl (C=O) groups excluding carboxylic acids is 2. The molecule has 2 atom stereocenters. The number of aliphatic hydroxyl groups is 1. The second kappa shape index (κ2) is 7.75. The average Bonchev–Trinajstić information content (AvgIpc) is 3.11. The predicted octanol–water partition coefficient (Wildman–Crippen LogP) is 1.50. The van der Waals surface area contributed by atoms with Crippen molar-refractivity contribution in [3.8, 4) is 0 Å². The van der Waals surface area contributed by atoms with Crippen molar-refractivity contribution >= 4 is 11.8 Å². The summed E-state index contributed by atoms with van der Waals surface area (Å²) >= 11 is 0. The largest absolute Gasteiger partial charge is 0.381 e. The zero-order chi connectivity index (χ0) is 16.9. The maximum absolute atomic E-state index is 12.6. The van der Waals surface area contributed by atoms with Gasteiger partial charge in [-0.2, -0.15) is 0 Å². The van der Waals surface area contributed by atoms with Crippen LogP contribution in [0.4, 0.5) is 0 Å². The number of hydrogen-bond acceptors (Lipinski definition) is 4. The summed E-state index contributed by atoms with van der Waals surface area (Å²) in [5, 5.41) is 13.4. The van der Waals surface area contributed by atoms with Crippen LogP contribution in [0.3, 0.4) is 0 Å². The van der Waals surface area contributed by atoms with Crippen molar-refractivity contribution in [1.29, 1.82) is 0 Å². The van der Waals surface area contributed by atoms with Crippen LogP contribution in [0.25, 0.3) is 0 Å². The van der Waals surface area contributed by atoms with Gasteiger partial charge in [-0.1, -0.05) is 25.3 Å². The van der Waals surface area contributed by atoms with Gasteiger partial charge in [-0.25, -0.2) is 0 Å². The molecule has 6 nitrogen and oxygen atoms in total. The summed E-state index contributed by atoms with van der Waals surface area (Å²) in [5.74, 6) is -0.574. The molecule has 2 fully saturated rings. The molecule has 1 aromatic rings. The van der Waals surface area contributed by atoms with Gasteiger partial charge in [0.2, 0.25) is 0 Å². The van der Waals surface area contributed by atoms with Gasteiger partial charge in [0.1, 0.15) is 5.69 Å². The molecule has 0 spiro atoms. The van der Waals surface area contributed by atoms with Gasteiger partial charge < -0.3 is 15.3 Å². The molecular formula is C18H25N3O3. The Kier molecular flexibility index (Phi) is 5.45. The van der Waals surface area contributed by atoms with Gasteiger partial charge in [0.05, 0.1) is 6.04 Å². The first-order chi connectivity index (χ1) is 11.7. The zero-order valence-corrected chi connectivity index (χ0v) is 13.9. The fourth-order valence-electron chi connectivity index (χ4n) is 3.72. The minimum Gasteiger partial charge on any atom is -0.381 e. The number of aromatic nitrogens is 1. The first kappa shape index (κ1) is 16.9. The molecule has 1 aliphatic heterocycles. The van der Waals surface area contributed by atoms with Crippen LogP contribution < -0.4 is 5.32 Å². The number of carbonyl (C=O) groups is 2. The predicted molar refractivity (Wildman–Crippen MR) is 89.3 cm³/mol. The average molecular weight is 331 g/mol. The van der Waals surface area contributed by atoms with Gasteiger partial charge >= 0.3 is 0 Å². The van der Waals surface area contributed by atoms with Gasteiger partial charge in [0, 0.05) is 18.8 Å². The summed E-state index contributed by atoms with van der Waals surface area (Å²) in [4.78, 5) is 30.7. The molecule has 0 bridgehead atoms. The lowest BCUT2D eigenvalue weighted by Crippen LogP contribution is -2.52. The molecule has 2 N–H and O–H groups in total. The molecular weight excluding hydrogens is 306 g/mol. The molecule has 6 heteroatoms. The third kappa shape index (κ3) is 3.75. The lowest BCUT2D eigenvalue weighted by atomic mass is 9.95. The van der Waals surface area contributed by atoms with Crippen molar-refractivity contribution in [2.24, 2.45) is 0 Å². The topological polar surface area (TPSA) is 82.5 Å². The van der Waals surface area contributed by atoms with E-state index >= 15 is 0 Å². The Morgan fingerprint density at radius 1 is 1.17 bits per heavy atom. The highest BCUT2D eigenvalue weighted by Gasteiger charge is 2.38. The fourth-order valence-corrected chi connectivity index (χ4v) is 3.72. The van der Waals surface area contributed by atoms with Gasteiger partial charge in [0.25, 0.3) is 11.8 Å². The van der Waals surface area contributed by atoms with E-state index in [9.17, 15) is 14.7 Å². The van der Waals surface area contributed by atoms with E-state index in [0.717, 1.165) is 32.1 Å². The van der Waals surface area contributed by atoms with Crippen molar-refractivity contribution in [2.75, 3.05) is 6.54 Å². The number of rotatable bonds is 4. The highest BCUT2D eigenvalue weighted by molar-refractivity contribution is 5.93. The quantitative estimate of drug-likeness (QED) is 0.876. The van der Waals surface area contributed by atoms with Gasteiger partial charge in [-0.05, 0) is 37.8 Å². The van der Waals surface area contributed by atoms with Gasteiger partial charge in [-0.15, -0.1) is 0 Å². The molecule has 1 unspecified atom stereocenters. The summed E-state index contributed by atoms with van der Waals surface area (Å²) in [7, 11) is 0. The summed E-state index contributed by atoms with van der Waals surface area (Å²) in [6.45, 7) is 0.549. The molecule has 1 saturated carbocycles. The molecule has 0 aromatic carbocycles. The summed E-state index contributed by atoms with van der Waals surface area (Å²) in [6.07, 6.45) is 7.22. The molecule has 1 saturated heterocycles. The van der Waals surface area contributed by atoms with Crippen LogP contribution in [-0.2, 0) is 4.79 Å². The second-order valence-electron chi connectivity index (χ2n) is 6.71. The molecule has 2 amide bonds. The number of likely N-dealkylation sites (tertiary alicyclic amines) is 1. The Hall–Kier alpha value is -1.95. The molecule has 1 aliphatic carbocycles. The number of aliphatic hydroxyl groups excluding tert-OH is 1. The summed E-state index contributed by atoms with van der Waals surface area (Å²) in [6, 6.07) is 4.86. The highest BCUT2D eigenvalue weighted by Crippen LogP contribution is 2.23. The Morgan fingerprint density at radius 2 is 1.96 bits per heavy atom. The van der Waals surface area contributed by atoms with Crippen molar-refractivity contribution in [1.82, 2.24) is 15.2 Å². The number of nitrogens with zero attached hydrogens (tertiary/aromatic N) is 2. The normalized spacial score (nSPS) is 23.0. The standard InChI is InChI=1S/C18H25N3O3/c22-16(17(23)20-13-7-2-1-3-8-13)15-10-6-12-21(15)18(24)14-9-4-5-11-19-14/h4-5,9,11,13,15-16,22H,1-3,6-8,10,12H2,(H,20,23)/t15-,16?/m0/s1. The van der Waals surface area contributed by atoms with E-state index < -0.39 is 12.1 Å². The van der Waals surface area contributed by atoms with Gasteiger partial charge in [-0.3, -0.25) is 14.6 Å². The molecule has 0 radical (unpaired) electrons. The minimum absolute atomic E-state index is 0.155. The first-order valence-electron chi connectivity index (χ1n) is 8.87. The van der Waals surface area contributed by atoms with Crippen molar-refractivity contribution in [2.45, 2.75) is 63.1 Å². The number of hydrogen-bond donors (Lipinski definition) is 2. The number of nitrogens with one attached hydrogen (secondary N) is 1. The van der Waals surface area contributed by atoms with Crippen LogP contribution in [0.2, 0.25) is 0 Å². The second-order valence-corrected chi connectivity index (χ2v) is 6.71. The Labute approximate surface area is 142 Å². The smallest absolute Gasteiger partial charge is 0.272 e. The van der Waals surface area contributed by atoms with Crippen molar-refractivity contribution < 1.29 is 14.7 Å². The summed E-state index contributed by atoms with van der Waals surface area (Å²) < 4.78 is 0. The van der Waals surface area contributed by atoms with Crippen LogP contribution in [0.15, 0.2) is 24.4 Å². The van der Waals surface area contributed by atoms with Crippen LogP contribution in [0, 0.1) is 0 Å². The maximum atomic E-state index is 12.6. The van der Waals surface area contributed by atoms with E-state index in [-0.39, 0.29) is 17.9 Å². The molecule has 130 valence electrons. The minimum atomic E-state index is -1.18. The fraction of sp³-hybridized carbons (Fsp3) is 0.611. The van der Waals surface area contributed by atoms with Crippen LogP contribution in [-0.4, -0.2) is 51.5 Å². The van der Waals surface area contributed by atoms with Gasteiger partial charge in [0.15, 0.2) is 6.10 Å². The Balaban J connectivity index is 1.63. The van der Waals surface area contributed by atoms with Crippen molar-refractivity contribution in [3.63, 3.8) is 0 Å².